The number of anilines is 1. The van der Waals surface area contributed by atoms with Crippen LogP contribution >= 0.6 is 15.9 Å². The van der Waals surface area contributed by atoms with E-state index in [2.05, 4.69) is 27.2 Å². The fraction of sp³-hybridized carbons (Fsp3) is 0.308. The molecule has 3 N–H and O–H groups in total. The Morgan fingerprint density at radius 1 is 1.47 bits per heavy atom. The maximum atomic E-state index is 11.8. The number of unbranched alkanes of at least 4 members (excludes halogenated alkanes) is 2. The number of nitrogen functional groups attached to an aromatic ring is 1. The summed E-state index contributed by atoms with van der Waals surface area (Å²) in [6.45, 7) is 0.627. The molecule has 0 atom stereocenters. The zero-order valence-electron chi connectivity index (χ0n) is 9.50. The lowest BCUT2D eigenvalue weighted by atomic mass is 10.2. The van der Waals surface area contributed by atoms with Crippen molar-refractivity contribution in [3.8, 4) is 12.3 Å². The van der Waals surface area contributed by atoms with Gasteiger partial charge in [-0.15, -0.1) is 12.3 Å². The van der Waals surface area contributed by atoms with E-state index in [4.69, 9.17) is 12.2 Å². The van der Waals surface area contributed by atoms with Crippen molar-refractivity contribution in [3.05, 3.63) is 28.2 Å². The first-order valence-corrected chi connectivity index (χ1v) is 6.21. The van der Waals surface area contributed by atoms with Gasteiger partial charge in [-0.1, -0.05) is 0 Å². The van der Waals surface area contributed by atoms with Crippen LogP contribution in [0.5, 0.6) is 0 Å². The van der Waals surface area contributed by atoms with Gasteiger partial charge in [0.15, 0.2) is 0 Å². The van der Waals surface area contributed by atoms with E-state index in [9.17, 15) is 4.79 Å². The predicted molar refractivity (Wildman–Crippen MR) is 73.6 cm³/mol. The molecule has 0 saturated heterocycles. The molecule has 0 aromatic heterocycles. The van der Waals surface area contributed by atoms with Crippen LogP contribution in [0.1, 0.15) is 29.6 Å². The average Bonchev–Trinajstić information content (AvgIpc) is 2.32. The number of benzene rings is 1. The largest absolute Gasteiger partial charge is 0.399 e. The van der Waals surface area contributed by atoms with Gasteiger partial charge in [0.2, 0.25) is 0 Å². The van der Waals surface area contributed by atoms with Gasteiger partial charge >= 0.3 is 0 Å². The Bertz CT molecular complexity index is 438. The monoisotopic (exact) mass is 294 g/mol. The van der Waals surface area contributed by atoms with Crippen molar-refractivity contribution in [1.82, 2.24) is 5.32 Å². The Morgan fingerprint density at radius 2 is 2.24 bits per heavy atom. The third-order valence-electron chi connectivity index (χ3n) is 2.27. The van der Waals surface area contributed by atoms with Gasteiger partial charge in [0.05, 0.1) is 5.56 Å². The number of halogens is 1. The number of hydrogen-bond acceptors (Lipinski definition) is 2. The first kappa shape index (κ1) is 13.6. The van der Waals surface area contributed by atoms with Crippen LogP contribution in [0.3, 0.4) is 0 Å². The first-order chi connectivity index (χ1) is 8.15. The number of rotatable bonds is 5. The number of carbonyl (C=O) groups excluding carboxylic acids is 1. The Labute approximate surface area is 110 Å². The molecule has 0 radical (unpaired) electrons. The summed E-state index contributed by atoms with van der Waals surface area (Å²) >= 11 is 3.32. The highest BCUT2D eigenvalue weighted by Crippen LogP contribution is 2.19. The summed E-state index contributed by atoms with van der Waals surface area (Å²) in [4.78, 5) is 11.8. The summed E-state index contributed by atoms with van der Waals surface area (Å²) in [5.41, 5.74) is 6.77. The van der Waals surface area contributed by atoms with E-state index in [1.807, 2.05) is 0 Å². The molecular weight excluding hydrogens is 280 g/mol. The Hall–Kier alpha value is -1.47. The lowest BCUT2D eigenvalue weighted by Crippen LogP contribution is -2.24. The van der Waals surface area contributed by atoms with Gasteiger partial charge in [-0.25, -0.2) is 0 Å². The number of hydrogen-bond donors (Lipinski definition) is 2. The molecule has 0 aliphatic rings. The van der Waals surface area contributed by atoms with Crippen molar-refractivity contribution in [1.29, 1.82) is 0 Å². The molecule has 0 spiro atoms. The molecule has 0 saturated carbocycles. The molecule has 0 fully saturated rings. The molecular formula is C13H15BrN2O. The number of nitrogens with one attached hydrogen (secondary N) is 1. The van der Waals surface area contributed by atoms with Gasteiger partial charge in [-0.3, -0.25) is 4.79 Å². The zero-order valence-corrected chi connectivity index (χ0v) is 11.1. The smallest absolute Gasteiger partial charge is 0.252 e. The lowest BCUT2D eigenvalue weighted by molar-refractivity contribution is 0.0952. The SMILES string of the molecule is C#CCCCCNC(=O)c1cc(N)ccc1Br. The van der Waals surface area contributed by atoms with E-state index < -0.39 is 0 Å². The van der Waals surface area contributed by atoms with Crippen LogP contribution in [0, 0.1) is 12.3 Å². The van der Waals surface area contributed by atoms with Crippen LogP contribution in [-0.2, 0) is 0 Å². The molecule has 17 heavy (non-hydrogen) atoms. The summed E-state index contributed by atoms with van der Waals surface area (Å²) in [6.07, 6.45) is 7.70. The van der Waals surface area contributed by atoms with E-state index in [0.717, 1.165) is 23.7 Å². The standard InChI is InChI=1S/C13H15BrN2O/c1-2-3-4-5-8-16-13(17)11-9-10(15)6-7-12(11)14/h1,6-7,9H,3-5,8,15H2,(H,16,17). The molecule has 1 aromatic rings. The van der Waals surface area contributed by atoms with Gasteiger partial charge in [0.25, 0.3) is 5.91 Å². The van der Waals surface area contributed by atoms with E-state index in [0.29, 0.717) is 17.8 Å². The maximum Gasteiger partial charge on any atom is 0.252 e. The number of carbonyl (C=O) groups is 1. The van der Waals surface area contributed by atoms with E-state index in [1.54, 1.807) is 18.2 Å². The average molecular weight is 295 g/mol. The van der Waals surface area contributed by atoms with Gasteiger partial charge < -0.3 is 11.1 Å². The second-order valence-corrected chi connectivity index (χ2v) is 4.51. The molecule has 1 amide bonds. The number of terminal acetylenes is 1. The van der Waals surface area contributed by atoms with Crippen LogP contribution in [-0.4, -0.2) is 12.5 Å². The van der Waals surface area contributed by atoms with Gasteiger partial charge in [-0.05, 0) is 47.0 Å². The Kier molecular flexibility index (Phi) is 5.58. The highest BCUT2D eigenvalue weighted by atomic mass is 79.9. The summed E-state index contributed by atoms with van der Waals surface area (Å²) in [5, 5.41) is 2.83. The fourth-order valence-electron chi connectivity index (χ4n) is 1.37. The highest BCUT2D eigenvalue weighted by Gasteiger charge is 2.09. The molecule has 0 bridgehead atoms. The van der Waals surface area contributed by atoms with Crippen LogP contribution < -0.4 is 11.1 Å². The molecule has 90 valence electrons. The number of nitrogens with two attached hydrogens (primary N) is 1. The second-order valence-electron chi connectivity index (χ2n) is 3.66. The van der Waals surface area contributed by atoms with Crippen molar-refractivity contribution in [3.63, 3.8) is 0 Å². The Morgan fingerprint density at radius 3 is 2.94 bits per heavy atom. The first-order valence-electron chi connectivity index (χ1n) is 5.42. The minimum absolute atomic E-state index is 0.120. The highest BCUT2D eigenvalue weighted by molar-refractivity contribution is 9.10. The van der Waals surface area contributed by atoms with E-state index in [1.165, 1.54) is 0 Å². The summed E-state index contributed by atoms with van der Waals surface area (Å²) in [6, 6.07) is 5.16. The van der Waals surface area contributed by atoms with Crippen LogP contribution in [0.15, 0.2) is 22.7 Å². The molecule has 1 aromatic carbocycles. The summed E-state index contributed by atoms with van der Waals surface area (Å²) in [5.74, 6) is 2.45. The quantitative estimate of drug-likeness (QED) is 0.498. The van der Waals surface area contributed by atoms with Crippen molar-refractivity contribution in [2.24, 2.45) is 0 Å². The maximum absolute atomic E-state index is 11.8. The number of amides is 1. The molecule has 1 rings (SSSR count). The summed E-state index contributed by atoms with van der Waals surface area (Å²) < 4.78 is 0.743. The van der Waals surface area contributed by atoms with Gasteiger partial charge in [0, 0.05) is 23.1 Å². The predicted octanol–water partition coefficient (Wildman–Crippen LogP) is 2.56. The molecule has 3 nitrogen and oxygen atoms in total. The fourth-order valence-corrected chi connectivity index (χ4v) is 1.79. The van der Waals surface area contributed by atoms with Crippen molar-refractivity contribution in [2.75, 3.05) is 12.3 Å². The minimum atomic E-state index is -0.120. The van der Waals surface area contributed by atoms with Crippen LogP contribution in [0.2, 0.25) is 0 Å². The van der Waals surface area contributed by atoms with E-state index in [-0.39, 0.29) is 5.91 Å². The Balaban J connectivity index is 2.47. The molecule has 4 heteroatoms. The lowest BCUT2D eigenvalue weighted by Gasteiger charge is -2.07. The van der Waals surface area contributed by atoms with E-state index >= 15 is 0 Å². The molecule has 0 aliphatic heterocycles. The minimum Gasteiger partial charge on any atom is -0.399 e. The molecule has 0 unspecified atom stereocenters. The molecule has 0 heterocycles. The third-order valence-corrected chi connectivity index (χ3v) is 2.96. The zero-order chi connectivity index (χ0) is 12.7. The third kappa shape index (κ3) is 4.49. The normalized spacial score (nSPS) is 9.65. The molecule has 0 aliphatic carbocycles. The summed E-state index contributed by atoms with van der Waals surface area (Å²) in [7, 11) is 0. The van der Waals surface area contributed by atoms with Crippen molar-refractivity contribution >= 4 is 27.5 Å². The van der Waals surface area contributed by atoms with Crippen molar-refractivity contribution < 1.29 is 4.79 Å². The van der Waals surface area contributed by atoms with Gasteiger partial charge in [-0.2, -0.15) is 0 Å². The van der Waals surface area contributed by atoms with Crippen LogP contribution in [0.25, 0.3) is 0 Å². The topological polar surface area (TPSA) is 55.1 Å². The van der Waals surface area contributed by atoms with Crippen molar-refractivity contribution in [2.45, 2.75) is 19.3 Å². The second kappa shape index (κ2) is 6.97. The van der Waals surface area contributed by atoms with Gasteiger partial charge in [0.1, 0.15) is 0 Å². The van der Waals surface area contributed by atoms with Crippen LogP contribution in [0.4, 0.5) is 5.69 Å².